The fourth-order valence-corrected chi connectivity index (χ4v) is 2.23. The van der Waals surface area contributed by atoms with Gasteiger partial charge in [-0.15, -0.1) is 0 Å². The van der Waals surface area contributed by atoms with Gasteiger partial charge in [-0.2, -0.15) is 0 Å². The predicted molar refractivity (Wildman–Crippen MR) is 79.2 cm³/mol. The fourth-order valence-electron chi connectivity index (χ4n) is 1.95. The van der Waals surface area contributed by atoms with E-state index in [-0.39, 0.29) is 6.04 Å². The third-order valence-corrected chi connectivity index (χ3v) is 3.09. The summed E-state index contributed by atoms with van der Waals surface area (Å²) in [4.78, 5) is 0. The molecule has 1 rings (SSSR count). The molecule has 0 aliphatic carbocycles. The van der Waals surface area contributed by atoms with E-state index < -0.39 is 0 Å². The smallest absolute Gasteiger partial charge is 0.166 e. The van der Waals surface area contributed by atoms with Crippen LogP contribution in [-0.4, -0.2) is 30.0 Å². The van der Waals surface area contributed by atoms with Crippen LogP contribution < -0.4 is 10.6 Å². The number of aryl methyl sites for hydroxylation is 2. The van der Waals surface area contributed by atoms with E-state index in [1.165, 1.54) is 0 Å². The van der Waals surface area contributed by atoms with Crippen LogP contribution >= 0.6 is 12.2 Å². The van der Waals surface area contributed by atoms with E-state index in [0.29, 0.717) is 5.11 Å². The third kappa shape index (κ3) is 5.16. The first kappa shape index (κ1) is 15.9. The molecule has 1 unspecified atom stereocenters. The molecule has 0 amide bonds. The summed E-state index contributed by atoms with van der Waals surface area (Å²) in [7, 11) is 0. The highest BCUT2D eigenvalue weighted by Crippen LogP contribution is 2.20. The van der Waals surface area contributed by atoms with Gasteiger partial charge in [0.2, 0.25) is 0 Å². The van der Waals surface area contributed by atoms with Crippen molar-refractivity contribution < 1.29 is 9.26 Å². The molecular weight excluding hydrogens is 262 g/mol. The molecule has 2 N–H and O–H groups in total. The number of aromatic nitrogens is 1. The van der Waals surface area contributed by atoms with Gasteiger partial charge in [0.25, 0.3) is 0 Å². The van der Waals surface area contributed by atoms with E-state index in [1.54, 1.807) is 0 Å². The number of thiocarbonyl (C=S) groups is 1. The Balaban J connectivity index is 2.32. The Morgan fingerprint density at radius 1 is 1.47 bits per heavy atom. The van der Waals surface area contributed by atoms with Gasteiger partial charge in [-0.1, -0.05) is 5.16 Å². The molecule has 0 saturated carbocycles. The number of ether oxygens (including phenoxy) is 1. The Kier molecular flexibility index (Phi) is 6.80. The van der Waals surface area contributed by atoms with Gasteiger partial charge < -0.3 is 19.9 Å². The first-order valence-corrected chi connectivity index (χ1v) is 7.02. The average Bonchev–Trinajstić information content (AvgIpc) is 2.68. The van der Waals surface area contributed by atoms with E-state index in [4.69, 9.17) is 21.5 Å². The van der Waals surface area contributed by atoms with Crippen molar-refractivity contribution in [2.24, 2.45) is 0 Å². The number of nitrogens with one attached hydrogen (secondary N) is 2. The topological polar surface area (TPSA) is 59.3 Å². The van der Waals surface area contributed by atoms with E-state index in [0.717, 1.165) is 43.2 Å². The summed E-state index contributed by atoms with van der Waals surface area (Å²) in [6.07, 6.45) is 0.940. The van der Waals surface area contributed by atoms with Crippen molar-refractivity contribution in [3.05, 3.63) is 17.0 Å². The zero-order valence-corrected chi connectivity index (χ0v) is 12.9. The highest BCUT2D eigenvalue weighted by atomic mass is 32.1. The Morgan fingerprint density at radius 3 is 2.79 bits per heavy atom. The van der Waals surface area contributed by atoms with E-state index in [2.05, 4.69) is 15.8 Å². The molecule has 0 aromatic carbocycles. The van der Waals surface area contributed by atoms with Crippen LogP contribution in [0.25, 0.3) is 0 Å². The molecule has 0 saturated heterocycles. The average molecular weight is 285 g/mol. The Bertz CT molecular complexity index is 387. The molecule has 5 nitrogen and oxygen atoms in total. The molecule has 1 atom stereocenters. The second-order valence-corrected chi connectivity index (χ2v) is 4.82. The van der Waals surface area contributed by atoms with E-state index in [1.807, 2.05) is 27.7 Å². The monoisotopic (exact) mass is 285 g/mol. The lowest BCUT2D eigenvalue weighted by atomic mass is 10.1. The van der Waals surface area contributed by atoms with Gasteiger partial charge in [0, 0.05) is 25.3 Å². The molecule has 19 heavy (non-hydrogen) atoms. The van der Waals surface area contributed by atoms with Crippen molar-refractivity contribution in [3.63, 3.8) is 0 Å². The normalized spacial score (nSPS) is 12.2. The Labute approximate surface area is 120 Å². The van der Waals surface area contributed by atoms with Crippen LogP contribution in [-0.2, 0) is 4.74 Å². The summed E-state index contributed by atoms with van der Waals surface area (Å²) in [6, 6.07) is 0.0816. The van der Waals surface area contributed by atoms with Crippen LogP contribution in [0.4, 0.5) is 0 Å². The molecule has 0 spiro atoms. The second kappa shape index (κ2) is 8.12. The van der Waals surface area contributed by atoms with Crippen molar-refractivity contribution in [3.8, 4) is 0 Å². The van der Waals surface area contributed by atoms with E-state index in [9.17, 15) is 0 Å². The lowest BCUT2D eigenvalue weighted by Gasteiger charge is -2.16. The van der Waals surface area contributed by atoms with Crippen LogP contribution in [0.15, 0.2) is 4.52 Å². The molecule has 0 bridgehead atoms. The largest absolute Gasteiger partial charge is 0.382 e. The molecule has 0 fully saturated rings. The fraction of sp³-hybridized carbons (Fsp3) is 0.692. The maximum absolute atomic E-state index is 5.26. The van der Waals surface area contributed by atoms with Gasteiger partial charge in [0.15, 0.2) is 5.11 Å². The van der Waals surface area contributed by atoms with Crippen molar-refractivity contribution in [1.29, 1.82) is 0 Å². The summed E-state index contributed by atoms with van der Waals surface area (Å²) in [5, 5.41) is 11.0. The molecule has 1 aromatic heterocycles. The van der Waals surface area contributed by atoms with Crippen molar-refractivity contribution in [1.82, 2.24) is 15.8 Å². The van der Waals surface area contributed by atoms with Crippen molar-refractivity contribution >= 4 is 17.3 Å². The lowest BCUT2D eigenvalue weighted by molar-refractivity contribution is 0.145. The first-order chi connectivity index (χ1) is 9.06. The van der Waals surface area contributed by atoms with E-state index >= 15 is 0 Å². The first-order valence-electron chi connectivity index (χ1n) is 6.61. The standard InChI is InChI=1S/C13H23N3O2S/c1-5-17-8-6-7-14-13(19)15-9(2)12-10(3)16-18-11(12)4/h9H,5-8H2,1-4H3,(H2,14,15,19). The molecule has 0 aliphatic heterocycles. The van der Waals surface area contributed by atoms with Crippen molar-refractivity contribution in [2.75, 3.05) is 19.8 Å². The molecule has 6 heteroatoms. The van der Waals surface area contributed by atoms with Gasteiger partial charge in [-0.25, -0.2) is 0 Å². The highest BCUT2D eigenvalue weighted by Gasteiger charge is 2.16. The number of hydrogen-bond donors (Lipinski definition) is 2. The molecule has 1 heterocycles. The predicted octanol–water partition coefficient (Wildman–Crippen LogP) is 2.24. The maximum atomic E-state index is 5.26. The van der Waals surface area contributed by atoms with Crippen molar-refractivity contribution in [2.45, 2.75) is 40.2 Å². The summed E-state index contributed by atoms with van der Waals surface area (Å²) in [5.41, 5.74) is 1.97. The molecule has 1 aromatic rings. The molecule has 0 radical (unpaired) electrons. The maximum Gasteiger partial charge on any atom is 0.166 e. The summed E-state index contributed by atoms with van der Waals surface area (Å²) < 4.78 is 10.4. The second-order valence-electron chi connectivity index (χ2n) is 4.41. The van der Waals surface area contributed by atoms with Crippen LogP contribution in [0.2, 0.25) is 0 Å². The van der Waals surface area contributed by atoms with Gasteiger partial charge in [0.05, 0.1) is 11.7 Å². The zero-order valence-electron chi connectivity index (χ0n) is 12.1. The van der Waals surface area contributed by atoms with Crippen LogP contribution in [0.3, 0.4) is 0 Å². The lowest BCUT2D eigenvalue weighted by Crippen LogP contribution is -2.37. The van der Waals surface area contributed by atoms with Gasteiger partial charge >= 0.3 is 0 Å². The van der Waals surface area contributed by atoms with Gasteiger partial charge in [-0.3, -0.25) is 0 Å². The molecular formula is C13H23N3O2S. The third-order valence-electron chi connectivity index (χ3n) is 2.82. The van der Waals surface area contributed by atoms with Crippen LogP contribution in [0.1, 0.15) is 43.3 Å². The van der Waals surface area contributed by atoms with Gasteiger partial charge in [0.1, 0.15) is 5.76 Å². The van der Waals surface area contributed by atoms with Crippen LogP contribution in [0.5, 0.6) is 0 Å². The highest BCUT2D eigenvalue weighted by molar-refractivity contribution is 7.80. The number of hydrogen-bond acceptors (Lipinski definition) is 4. The number of rotatable bonds is 7. The minimum Gasteiger partial charge on any atom is -0.382 e. The minimum atomic E-state index is 0.0816. The Morgan fingerprint density at radius 2 is 2.21 bits per heavy atom. The molecule has 108 valence electrons. The summed E-state index contributed by atoms with van der Waals surface area (Å²) in [6.45, 7) is 10.2. The zero-order chi connectivity index (χ0) is 14.3. The minimum absolute atomic E-state index is 0.0816. The molecule has 0 aliphatic rings. The SMILES string of the molecule is CCOCCCNC(=S)NC(C)c1c(C)noc1C. The number of nitrogens with zero attached hydrogens (tertiary/aromatic N) is 1. The summed E-state index contributed by atoms with van der Waals surface area (Å²) in [5.74, 6) is 0.830. The van der Waals surface area contributed by atoms with Gasteiger partial charge in [-0.05, 0) is 46.3 Å². The van der Waals surface area contributed by atoms with Crippen LogP contribution in [0, 0.1) is 13.8 Å². The quantitative estimate of drug-likeness (QED) is 0.592. The summed E-state index contributed by atoms with van der Waals surface area (Å²) >= 11 is 5.25. The Hall–Kier alpha value is -1.14.